The Labute approximate surface area is 184 Å². The van der Waals surface area contributed by atoms with Crippen molar-refractivity contribution < 1.29 is 26.7 Å². The molecule has 0 saturated carbocycles. The number of carboxylic acid groups (broad SMARTS) is 1. The summed E-state index contributed by atoms with van der Waals surface area (Å²) in [6.07, 6.45) is 0. The number of aryl methyl sites for hydroxylation is 2. The molecule has 0 atom stereocenters. The molecule has 0 amide bonds. The van der Waals surface area contributed by atoms with E-state index in [0.29, 0.717) is 22.3 Å². The van der Waals surface area contributed by atoms with Gasteiger partial charge < -0.3 is 5.11 Å². The number of carbonyl (C=O) groups is 1. The van der Waals surface area contributed by atoms with E-state index in [2.05, 4.69) is 4.72 Å². The van der Waals surface area contributed by atoms with Gasteiger partial charge in [0.25, 0.3) is 10.0 Å². The maximum absolute atomic E-state index is 13.2. The van der Waals surface area contributed by atoms with Gasteiger partial charge >= 0.3 is 5.97 Å². The van der Waals surface area contributed by atoms with Gasteiger partial charge in [-0.25, -0.2) is 21.6 Å². The third kappa shape index (κ3) is 4.91. The first-order chi connectivity index (χ1) is 14.3. The Bertz CT molecular complexity index is 1230. The number of anilines is 1. The van der Waals surface area contributed by atoms with Gasteiger partial charge in [-0.1, -0.05) is 13.8 Å². The van der Waals surface area contributed by atoms with Crippen molar-refractivity contribution in [3.8, 4) is 0 Å². The Kier molecular flexibility index (Phi) is 7.19. The molecule has 0 spiro atoms. The van der Waals surface area contributed by atoms with Crippen molar-refractivity contribution in [1.82, 2.24) is 4.31 Å². The van der Waals surface area contributed by atoms with E-state index in [1.54, 1.807) is 41.5 Å². The average molecular weight is 469 g/mol. The van der Waals surface area contributed by atoms with Crippen LogP contribution in [-0.2, 0) is 20.0 Å². The fraction of sp³-hybridized carbons (Fsp3) is 0.381. The quantitative estimate of drug-likeness (QED) is 0.612. The van der Waals surface area contributed by atoms with Gasteiger partial charge in [-0.3, -0.25) is 4.72 Å². The Morgan fingerprint density at radius 3 is 1.97 bits per heavy atom. The van der Waals surface area contributed by atoms with E-state index >= 15 is 0 Å². The Morgan fingerprint density at radius 1 is 0.903 bits per heavy atom. The minimum atomic E-state index is -4.18. The second-order valence-electron chi connectivity index (χ2n) is 7.33. The largest absolute Gasteiger partial charge is 0.478 e. The lowest BCUT2D eigenvalue weighted by molar-refractivity contribution is 0.0696. The van der Waals surface area contributed by atoms with Gasteiger partial charge in [0.15, 0.2) is 0 Å². The van der Waals surface area contributed by atoms with Crippen LogP contribution in [0, 0.1) is 27.7 Å². The van der Waals surface area contributed by atoms with Crippen molar-refractivity contribution in [2.24, 2.45) is 0 Å². The summed E-state index contributed by atoms with van der Waals surface area (Å²) in [7, 11) is -7.97. The number of nitrogens with one attached hydrogen (secondary N) is 1. The maximum atomic E-state index is 13.2. The number of nitrogens with zero attached hydrogens (tertiary/aromatic N) is 1. The topological polar surface area (TPSA) is 121 Å². The van der Waals surface area contributed by atoms with Crippen LogP contribution in [0.25, 0.3) is 0 Å². The van der Waals surface area contributed by atoms with Crippen molar-refractivity contribution in [1.29, 1.82) is 0 Å². The highest BCUT2D eigenvalue weighted by molar-refractivity contribution is 7.92. The van der Waals surface area contributed by atoms with E-state index in [4.69, 9.17) is 0 Å². The molecule has 0 aliphatic heterocycles. The van der Waals surface area contributed by atoms with Crippen molar-refractivity contribution >= 4 is 31.7 Å². The summed E-state index contributed by atoms with van der Waals surface area (Å²) in [5, 5.41) is 9.30. The van der Waals surface area contributed by atoms with Gasteiger partial charge in [-0.15, -0.1) is 0 Å². The number of rotatable bonds is 8. The molecule has 0 unspecified atom stereocenters. The molecule has 0 heterocycles. The Balaban J connectivity index is 2.64. The fourth-order valence-electron chi connectivity index (χ4n) is 3.22. The average Bonchev–Trinajstić information content (AvgIpc) is 2.67. The zero-order valence-electron chi connectivity index (χ0n) is 18.5. The monoisotopic (exact) mass is 468 g/mol. The maximum Gasteiger partial charge on any atom is 0.335 e. The summed E-state index contributed by atoms with van der Waals surface area (Å²) in [6, 6.07) is 5.33. The number of sulfonamides is 2. The van der Waals surface area contributed by atoms with Crippen molar-refractivity contribution in [3.05, 3.63) is 52.1 Å². The first kappa shape index (κ1) is 24.8. The van der Waals surface area contributed by atoms with Crippen LogP contribution in [0.1, 0.15) is 46.5 Å². The molecule has 0 aliphatic carbocycles. The minimum Gasteiger partial charge on any atom is -0.478 e. The molecule has 0 radical (unpaired) electrons. The summed E-state index contributed by atoms with van der Waals surface area (Å²) in [6.45, 7) is 10.6. The molecule has 170 valence electrons. The van der Waals surface area contributed by atoms with Crippen LogP contribution in [0.3, 0.4) is 0 Å². The summed E-state index contributed by atoms with van der Waals surface area (Å²) in [5.74, 6) is -1.24. The summed E-state index contributed by atoms with van der Waals surface area (Å²) >= 11 is 0. The lowest BCUT2D eigenvalue weighted by Gasteiger charge is -2.21. The van der Waals surface area contributed by atoms with Crippen molar-refractivity contribution in [2.45, 2.75) is 51.3 Å². The summed E-state index contributed by atoms with van der Waals surface area (Å²) < 4.78 is 56.0. The molecule has 0 bridgehead atoms. The first-order valence-corrected chi connectivity index (χ1v) is 12.7. The van der Waals surface area contributed by atoms with E-state index in [0.717, 1.165) is 6.07 Å². The summed E-state index contributed by atoms with van der Waals surface area (Å²) in [5.41, 5.74) is 2.10. The number of hydrogen-bond donors (Lipinski definition) is 2. The molecule has 2 N–H and O–H groups in total. The van der Waals surface area contributed by atoms with Crippen molar-refractivity contribution in [2.75, 3.05) is 17.8 Å². The van der Waals surface area contributed by atoms with E-state index in [1.807, 2.05) is 0 Å². The van der Waals surface area contributed by atoms with Gasteiger partial charge in [0.05, 0.1) is 21.0 Å². The highest BCUT2D eigenvalue weighted by Gasteiger charge is 2.26. The second-order valence-corrected chi connectivity index (χ2v) is 10.9. The SMILES string of the molecule is CCN(CC)S(=O)(=O)c1cc(C)c(C)c(NS(=O)(=O)c2cc(C(=O)O)cc(C)c2C)c1. The summed E-state index contributed by atoms with van der Waals surface area (Å²) in [4.78, 5) is 11.2. The third-order valence-corrected chi connectivity index (χ3v) is 8.90. The molecule has 31 heavy (non-hydrogen) atoms. The van der Waals surface area contributed by atoms with Crippen LogP contribution in [0.2, 0.25) is 0 Å². The molecule has 0 aliphatic rings. The molecule has 0 aromatic heterocycles. The van der Waals surface area contributed by atoms with E-state index in [9.17, 15) is 26.7 Å². The molecule has 8 nitrogen and oxygen atoms in total. The normalized spacial score (nSPS) is 12.2. The van der Waals surface area contributed by atoms with E-state index < -0.39 is 26.0 Å². The lowest BCUT2D eigenvalue weighted by atomic mass is 10.1. The van der Waals surface area contributed by atoms with Crippen LogP contribution in [-0.4, -0.2) is 45.3 Å². The predicted molar refractivity (Wildman–Crippen MR) is 120 cm³/mol. The molecule has 2 aromatic rings. The van der Waals surface area contributed by atoms with E-state index in [1.165, 1.54) is 22.5 Å². The molecule has 2 aromatic carbocycles. The predicted octanol–water partition coefficient (Wildman–Crippen LogP) is 3.45. The lowest BCUT2D eigenvalue weighted by Crippen LogP contribution is -2.30. The zero-order chi connectivity index (χ0) is 23.7. The Morgan fingerprint density at radius 2 is 1.45 bits per heavy atom. The van der Waals surface area contributed by atoms with Crippen molar-refractivity contribution in [3.63, 3.8) is 0 Å². The van der Waals surface area contributed by atoms with Crippen LogP contribution >= 0.6 is 0 Å². The fourth-order valence-corrected chi connectivity index (χ4v) is 6.25. The van der Waals surface area contributed by atoms with Gasteiger partial charge in [0.2, 0.25) is 10.0 Å². The second kappa shape index (κ2) is 8.97. The Hall–Kier alpha value is -2.43. The first-order valence-electron chi connectivity index (χ1n) is 9.75. The van der Waals surface area contributed by atoms with Gasteiger partial charge in [-0.05, 0) is 74.2 Å². The smallest absolute Gasteiger partial charge is 0.335 e. The van der Waals surface area contributed by atoms with Crippen LogP contribution in [0.15, 0.2) is 34.1 Å². The van der Waals surface area contributed by atoms with Gasteiger partial charge in [0.1, 0.15) is 0 Å². The number of benzene rings is 2. The molecular weight excluding hydrogens is 440 g/mol. The number of carboxylic acids is 1. The highest BCUT2D eigenvalue weighted by atomic mass is 32.2. The highest BCUT2D eigenvalue weighted by Crippen LogP contribution is 2.29. The van der Waals surface area contributed by atoms with Crippen LogP contribution < -0.4 is 4.72 Å². The number of hydrogen-bond acceptors (Lipinski definition) is 5. The van der Waals surface area contributed by atoms with Crippen LogP contribution in [0.5, 0.6) is 0 Å². The standard InChI is InChI=1S/C21H28N2O6S2/c1-7-23(8-2)31(28,29)18-10-14(4)15(5)19(12-18)22-30(26,27)20-11-17(21(24)25)9-13(3)16(20)6/h9-12,22H,7-8H2,1-6H3,(H,24,25). The molecule has 10 heteroatoms. The van der Waals surface area contributed by atoms with E-state index in [-0.39, 0.29) is 34.1 Å². The molecule has 0 fully saturated rings. The van der Waals surface area contributed by atoms with Gasteiger partial charge in [0, 0.05) is 13.1 Å². The zero-order valence-corrected chi connectivity index (χ0v) is 20.1. The van der Waals surface area contributed by atoms with Gasteiger partial charge in [-0.2, -0.15) is 4.31 Å². The minimum absolute atomic E-state index is 0.0100. The molecular formula is C21H28N2O6S2. The van der Waals surface area contributed by atoms with Crippen LogP contribution in [0.4, 0.5) is 5.69 Å². The number of aromatic carboxylic acids is 1. The molecule has 2 rings (SSSR count). The molecule has 0 saturated heterocycles. The third-order valence-electron chi connectivity index (χ3n) is 5.38.